The van der Waals surface area contributed by atoms with Gasteiger partial charge in [0.1, 0.15) is 0 Å². The van der Waals surface area contributed by atoms with E-state index in [1.54, 1.807) is 0 Å². The van der Waals surface area contributed by atoms with Crippen LogP contribution in [0.4, 0.5) is 0 Å². The van der Waals surface area contributed by atoms with E-state index in [9.17, 15) is 4.79 Å². The number of hydrogen-bond donors (Lipinski definition) is 2. The van der Waals surface area contributed by atoms with Crippen LogP contribution in [0.3, 0.4) is 0 Å². The van der Waals surface area contributed by atoms with Crippen molar-refractivity contribution in [2.75, 3.05) is 0 Å². The van der Waals surface area contributed by atoms with Crippen molar-refractivity contribution < 1.29 is 4.79 Å². The normalized spacial score (nSPS) is 28.5. The number of hydrogen-bond acceptors (Lipinski definition) is 2. The van der Waals surface area contributed by atoms with Crippen LogP contribution in [-0.2, 0) is 4.79 Å². The zero-order valence-electron chi connectivity index (χ0n) is 13.5. The Morgan fingerprint density at radius 1 is 1.10 bits per heavy atom. The van der Waals surface area contributed by atoms with Gasteiger partial charge in [0.25, 0.3) is 0 Å². The molecule has 1 unspecified atom stereocenters. The van der Waals surface area contributed by atoms with E-state index in [1.807, 2.05) is 0 Å². The number of carbonyl (C=O) groups is 1. The van der Waals surface area contributed by atoms with E-state index in [0.29, 0.717) is 18.0 Å². The number of nitrogens with one attached hydrogen (secondary N) is 1. The minimum Gasteiger partial charge on any atom is -0.353 e. The van der Waals surface area contributed by atoms with Crippen molar-refractivity contribution in [3.63, 3.8) is 0 Å². The summed E-state index contributed by atoms with van der Waals surface area (Å²) in [6, 6.07) is 0.732. The van der Waals surface area contributed by atoms with Crippen molar-refractivity contribution in [3.05, 3.63) is 0 Å². The lowest BCUT2D eigenvalue weighted by atomic mass is 9.81. The lowest BCUT2D eigenvalue weighted by Gasteiger charge is -2.30. The summed E-state index contributed by atoms with van der Waals surface area (Å²) in [5.41, 5.74) is 5.92. The second kappa shape index (κ2) is 9.68. The van der Waals surface area contributed by atoms with E-state index in [4.69, 9.17) is 5.73 Å². The Balaban J connectivity index is 0.00000220. The van der Waals surface area contributed by atoms with Crippen LogP contribution >= 0.6 is 12.4 Å². The van der Waals surface area contributed by atoms with Crippen molar-refractivity contribution in [3.8, 4) is 0 Å². The third-order valence-electron chi connectivity index (χ3n) is 5.32. The first-order chi connectivity index (χ1) is 9.69. The minimum absolute atomic E-state index is 0. The van der Waals surface area contributed by atoms with Gasteiger partial charge >= 0.3 is 0 Å². The SMILES string of the molecule is CCC(CC1CCCCC1)C(=O)NC1CCC(N)CC1.Cl. The summed E-state index contributed by atoms with van der Waals surface area (Å²) in [5, 5.41) is 3.29. The molecule has 2 saturated carbocycles. The molecule has 1 atom stereocenters. The fraction of sp³-hybridized carbons (Fsp3) is 0.941. The molecule has 0 aromatic heterocycles. The summed E-state index contributed by atoms with van der Waals surface area (Å²) < 4.78 is 0. The molecule has 0 bridgehead atoms. The Hall–Kier alpha value is -0.280. The monoisotopic (exact) mass is 316 g/mol. The third kappa shape index (κ3) is 6.15. The quantitative estimate of drug-likeness (QED) is 0.810. The molecule has 2 fully saturated rings. The zero-order chi connectivity index (χ0) is 14.4. The van der Waals surface area contributed by atoms with Gasteiger partial charge in [0.2, 0.25) is 5.91 Å². The molecule has 0 radical (unpaired) electrons. The molecular weight excluding hydrogens is 284 g/mol. The molecule has 0 aromatic carbocycles. The van der Waals surface area contributed by atoms with Crippen molar-refractivity contribution in [2.45, 2.75) is 89.6 Å². The number of amides is 1. The van der Waals surface area contributed by atoms with Crippen LogP contribution in [0.5, 0.6) is 0 Å². The lowest BCUT2D eigenvalue weighted by Crippen LogP contribution is -2.43. The van der Waals surface area contributed by atoms with Gasteiger partial charge in [0.05, 0.1) is 0 Å². The van der Waals surface area contributed by atoms with Crippen LogP contribution in [0.25, 0.3) is 0 Å². The summed E-state index contributed by atoms with van der Waals surface area (Å²) in [6.07, 6.45) is 13.1. The second-order valence-corrected chi connectivity index (χ2v) is 6.97. The van der Waals surface area contributed by atoms with E-state index in [1.165, 1.54) is 32.1 Å². The van der Waals surface area contributed by atoms with Crippen LogP contribution in [0.1, 0.15) is 77.6 Å². The maximum Gasteiger partial charge on any atom is 0.223 e. The van der Waals surface area contributed by atoms with Gasteiger partial charge in [-0.3, -0.25) is 4.79 Å². The summed E-state index contributed by atoms with van der Waals surface area (Å²) in [4.78, 5) is 12.5. The predicted molar refractivity (Wildman–Crippen MR) is 90.6 cm³/mol. The molecule has 3 N–H and O–H groups in total. The number of rotatable bonds is 5. The van der Waals surface area contributed by atoms with E-state index in [-0.39, 0.29) is 18.3 Å². The molecule has 0 aromatic rings. The number of nitrogens with two attached hydrogens (primary N) is 1. The highest BCUT2D eigenvalue weighted by atomic mass is 35.5. The fourth-order valence-electron chi connectivity index (χ4n) is 3.87. The van der Waals surface area contributed by atoms with Crippen molar-refractivity contribution >= 4 is 18.3 Å². The number of carbonyl (C=O) groups excluding carboxylic acids is 1. The lowest BCUT2D eigenvalue weighted by molar-refractivity contribution is -0.126. The van der Waals surface area contributed by atoms with E-state index < -0.39 is 0 Å². The standard InChI is InChI=1S/C17H32N2O.ClH/c1-2-14(12-13-6-4-3-5-7-13)17(20)19-16-10-8-15(18)9-11-16;/h13-16H,2-12,18H2,1H3,(H,19,20);1H. The molecule has 0 spiro atoms. The van der Waals surface area contributed by atoms with Gasteiger partial charge in [-0.1, -0.05) is 39.0 Å². The Morgan fingerprint density at radius 2 is 1.71 bits per heavy atom. The largest absolute Gasteiger partial charge is 0.353 e. The molecule has 3 nitrogen and oxygen atoms in total. The first-order valence-electron chi connectivity index (χ1n) is 8.75. The Bertz CT molecular complexity index is 297. The van der Waals surface area contributed by atoms with Gasteiger partial charge < -0.3 is 11.1 Å². The fourth-order valence-corrected chi connectivity index (χ4v) is 3.87. The highest BCUT2D eigenvalue weighted by Gasteiger charge is 2.26. The topological polar surface area (TPSA) is 55.1 Å². The molecule has 124 valence electrons. The molecule has 4 heteroatoms. The predicted octanol–water partition coefficient (Wildman–Crippen LogP) is 3.79. The van der Waals surface area contributed by atoms with Gasteiger partial charge in [0.15, 0.2) is 0 Å². The Morgan fingerprint density at radius 3 is 2.29 bits per heavy atom. The maximum absolute atomic E-state index is 12.5. The van der Waals surface area contributed by atoms with Crippen LogP contribution in [0, 0.1) is 11.8 Å². The Labute approximate surface area is 136 Å². The van der Waals surface area contributed by atoms with Gasteiger partial charge in [-0.25, -0.2) is 0 Å². The van der Waals surface area contributed by atoms with Crippen LogP contribution in [0.2, 0.25) is 0 Å². The first-order valence-corrected chi connectivity index (χ1v) is 8.75. The average Bonchev–Trinajstić information content (AvgIpc) is 2.48. The highest BCUT2D eigenvalue weighted by molar-refractivity contribution is 5.85. The molecule has 1 amide bonds. The van der Waals surface area contributed by atoms with E-state index >= 15 is 0 Å². The van der Waals surface area contributed by atoms with Crippen LogP contribution < -0.4 is 11.1 Å². The minimum atomic E-state index is 0. The first kappa shape index (κ1) is 18.8. The molecular formula is C17H33ClN2O. The summed E-state index contributed by atoms with van der Waals surface area (Å²) in [7, 11) is 0. The third-order valence-corrected chi connectivity index (χ3v) is 5.32. The molecule has 2 aliphatic rings. The Kier molecular flexibility index (Phi) is 8.65. The second-order valence-electron chi connectivity index (χ2n) is 6.97. The summed E-state index contributed by atoms with van der Waals surface area (Å²) >= 11 is 0. The number of halogens is 1. The molecule has 0 heterocycles. The van der Waals surface area contributed by atoms with Crippen molar-refractivity contribution in [1.82, 2.24) is 5.32 Å². The smallest absolute Gasteiger partial charge is 0.223 e. The van der Waals surface area contributed by atoms with Crippen LogP contribution in [0.15, 0.2) is 0 Å². The molecule has 0 aliphatic heterocycles. The molecule has 21 heavy (non-hydrogen) atoms. The maximum atomic E-state index is 12.5. The van der Waals surface area contributed by atoms with E-state index in [0.717, 1.165) is 44.4 Å². The highest BCUT2D eigenvalue weighted by Crippen LogP contribution is 2.30. The van der Waals surface area contributed by atoms with Gasteiger partial charge in [-0.2, -0.15) is 0 Å². The van der Waals surface area contributed by atoms with Gasteiger partial charge in [-0.15, -0.1) is 12.4 Å². The van der Waals surface area contributed by atoms with E-state index in [2.05, 4.69) is 12.2 Å². The molecule has 2 aliphatic carbocycles. The summed E-state index contributed by atoms with van der Waals surface area (Å²) in [5.74, 6) is 1.33. The van der Waals surface area contributed by atoms with Crippen LogP contribution in [-0.4, -0.2) is 18.0 Å². The van der Waals surface area contributed by atoms with Crippen molar-refractivity contribution in [2.24, 2.45) is 17.6 Å². The molecule has 0 saturated heterocycles. The van der Waals surface area contributed by atoms with Gasteiger partial charge in [-0.05, 0) is 44.4 Å². The average molecular weight is 317 g/mol. The van der Waals surface area contributed by atoms with Gasteiger partial charge in [0, 0.05) is 18.0 Å². The summed E-state index contributed by atoms with van der Waals surface area (Å²) in [6.45, 7) is 2.16. The molecule has 2 rings (SSSR count). The van der Waals surface area contributed by atoms with Crippen molar-refractivity contribution in [1.29, 1.82) is 0 Å². The zero-order valence-corrected chi connectivity index (χ0v) is 14.3.